The maximum atomic E-state index is 12.2. The van der Waals surface area contributed by atoms with Crippen molar-refractivity contribution in [3.8, 4) is 0 Å². The van der Waals surface area contributed by atoms with Crippen LogP contribution in [0.2, 0.25) is 0 Å². The van der Waals surface area contributed by atoms with Crippen molar-refractivity contribution in [1.82, 2.24) is 10.6 Å². The molecule has 0 spiro atoms. The summed E-state index contributed by atoms with van der Waals surface area (Å²) in [5.74, 6) is 0.0577. The fourth-order valence-electron chi connectivity index (χ4n) is 3.33. The van der Waals surface area contributed by atoms with Crippen LogP contribution in [0.3, 0.4) is 0 Å². The summed E-state index contributed by atoms with van der Waals surface area (Å²) in [5.41, 5.74) is 2.13. The van der Waals surface area contributed by atoms with Gasteiger partial charge in [-0.2, -0.15) is 0 Å². The van der Waals surface area contributed by atoms with Crippen molar-refractivity contribution in [2.75, 3.05) is 13.1 Å². The topological polar surface area (TPSA) is 41.1 Å². The Morgan fingerprint density at radius 2 is 1.71 bits per heavy atom. The third-order valence-electron chi connectivity index (χ3n) is 4.93. The minimum atomic E-state index is 0.0577. The summed E-state index contributed by atoms with van der Waals surface area (Å²) in [4.78, 5) is 12.2. The third kappa shape index (κ3) is 7.04. The van der Waals surface area contributed by atoms with Gasteiger partial charge in [-0.1, -0.05) is 64.0 Å². The molecule has 1 unspecified atom stereocenters. The number of carbonyl (C=O) groups is 1. The van der Waals surface area contributed by atoms with E-state index in [0.717, 1.165) is 31.5 Å². The van der Waals surface area contributed by atoms with Crippen molar-refractivity contribution in [3.63, 3.8) is 0 Å². The molecule has 0 bridgehead atoms. The average Bonchev–Trinajstić information content (AvgIpc) is 3.11. The van der Waals surface area contributed by atoms with Crippen molar-refractivity contribution < 1.29 is 4.79 Å². The third-order valence-corrected chi connectivity index (χ3v) is 4.93. The van der Waals surface area contributed by atoms with Crippen LogP contribution in [0.15, 0.2) is 24.3 Å². The molecule has 1 heterocycles. The molecule has 1 aromatic rings. The molecule has 3 heteroatoms. The van der Waals surface area contributed by atoms with Gasteiger partial charge in [0.1, 0.15) is 0 Å². The molecule has 134 valence electrons. The van der Waals surface area contributed by atoms with Crippen molar-refractivity contribution in [3.05, 3.63) is 35.4 Å². The second-order valence-corrected chi connectivity index (χ2v) is 7.08. The second-order valence-electron chi connectivity index (χ2n) is 7.08. The molecular weight excluding hydrogens is 296 g/mol. The minimum Gasteiger partial charge on any atom is -0.348 e. The highest BCUT2D eigenvalue weighted by Crippen LogP contribution is 2.12. The smallest absolute Gasteiger partial charge is 0.251 e. The van der Waals surface area contributed by atoms with Crippen LogP contribution in [0.1, 0.15) is 80.6 Å². The Balaban J connectivity index is 1.60. The van der Waals surface area contributed by atoms with Crippen LogP contribution in [-0.4, -0.2) is 25.0 Å². The normalized spacial score (nSPS) is 17.1. The standard InChI is InChI=1S/C21H34N2O/c1-2-3-4-5-6-7-8-9-10-18-11-13-19(14-12-18)21(24)23-20-15-16-22-17-20/h11-14,20,22H,2-10,15-17H2,1H3,(H,23,24). The lowest BCUT2D eigenvalue weighted by Gasteiger charge is -2.11. The summed E-state index contributed by atoms with van der Waals surface area (Å²) >= 11 is 0. The van der Waals surface area contributed by atoms with Crippen molar-refractivity contribution in [2.24, 2.45) is 0 Å². The highest BCUT2D eigenvalue weighted by molar-refractivity contribution is 5.94. The number of carbonyl (C=O) groups excluding carboxylic acids is 1. The highest BCUT2D eigenvalue weighted by Gasteiger charge is 2.17. The van der Waals surface area contributed by atoms with Crippen LogP contribution >= 0.6 is 0 Å². The number of hydrogen-bond donors (Lipinski definition) is 2. The van der Waals surface area contributed by atoms with Gasteiger partial charge in [0, 0.05) is 18.2 Å². The van der Waals surface area contributed by atoms with Crippen LogP contribution in [0.5, 0.6) is 0 Å². The van der Waals surface area contributed by atoms with Crippen LogP contribution < -0.4 is 10.6 Å². The fraction of sp³-hybridized carbons (Fsp3) is 0.667. The molecule has 1 saturated heterocycles. The zero-order valence-electron chi connectivity index (χ0n) is 15.3. The zero-order chi connectivity index (χ0) is 17.0. The molecule has 24 heavy (non-hydrogen) atoms. The van der Waals surface area contributed by atoms with Gasteiger partial charge in [0.15, 0.2) is 0 Å². The molecule has 0 aromatic heterocycles. The molecule has 1 amide bonds. The predicted molar refractivity (Wildman–Crippen MR) is 101 cm³/mol. The summed E-state index contributed by atoms with van der Waals surface area (Å²) in [6.45, 7) is 4.16. The molecule has 0 saturated carbocycles. The van der Waals surface area contributed by atoms with Gasteiger partial charge >= 0.3 is 0 Å². The van der Waals surface area contributed by atoms with E-state index in [1.807, 2.05) is 12.1 Å². The highest BCUT2D eigenvalue weighted by atomic mass is 16.1. The second kappa shape index (κ2) is 11.2. The summed E-state index contributed by atoms with van der Waals surface area (Å²) in [5, 5.41) is 6.37. The summed E-state index contributed by atoms with van der Waals surface area (Å²) in [7, 11) is 0. The maximum Gasteiger partial charge on any atom is 0.251 e. The Labute approximate surface area is 147 Å². The van der Waals surface area contributed by atoms with Gasteiger partial charge in [-0.05, 0) is 43.5 Å². The largest absolute Gasteiger partial charge is 0.348 e. The number of unbranched alkanes of at least 4 members (excludes halogenated alkanes) is 7. The monoisotopic (exact) mass is 330 g/mol. The molecule has 1 aliphatic rings. The first-order valence-electron chi connectivity index (χ1n) is 9.90. The molecule has 2 N–H and O–H groups in total. The van der Waals surface area contributed by atoms with E-state index in [9.17, 15) is 4.79 Å². The van der Waals surface area contributed by atoms with E-state index in [1.165, 1.54) is 56.9 Å². The maximum absolute atomic E-state index is 12.2. The Hall–Kier alpha value is -1.35. The Morgan fingerprint density at radius 3 is 2.33 bits per heavy atom. The molecule has 2 rings (SSSR count). The number of nitrogens with one attached hydrogen (secondary N) is 2. The molecule has 1 aliphatic heterocycles. The van der Waals surface area contributed by atoms with E-state index in [1.54, 1.807) is 0 Å². The zero-order valence-corrected chi connectivity index (χ0v) is 15.3. The Bertz CT molecular complexity index is 463. The summed E-state index contributed by atoms with van der Waals surface area (Å²) in [6, 6.07) is 8.45. The predicted octanol–water partition coefficient (Wildman–Crippen LogP) is 4.46. The first kappa shape index (κ1) is 19.0. The number of hydrogen-bond acceptors (Lipinski definition) is 2. The Kier molecular flexibility index (Phi) is 8.90. The molecule has 0 radical (unpaired) electrons. The van der Waals surface area contributed by atoms with Gasteiger partial charge in [-0.3, -0.25) is 4.79 Å². The van der Waals surface area contributed by atoms with E-state index < -0.39 is 0 Å². The van der Waals surface area contributed by atoms with E-state index >= 15 is 0 Å². The lowest BCUT2D eigenvalue weighted by molar-refractivity contribution is 0.0940. The fourth-order valence-corrected chi connectivity index (χ4v) is 3.33. The first-order valence-corrected chi connectivity index (χ1v) is 9.90. The molecule has 3 nitrogen and oxygen atoms in total. The number of aryl methyl sites for hydroxylation is 1. The van der Waals surface area contributed by atoms with E-state index in [-0.39, 0.29) is 11.9 Å². The van der Waals surface area contributed by atoms with E-state index in [2.05, 4.69) is 29.7 Å². The molecule has 1 fully saturated rings. The van der Waals surface area contributed by atoms with Gasteiger partial charge in [-0.25, -0.2) is 0 Å². The van der Waals surface area contributed by atoms with Crippen LogP contribution in [-0.2, 0) is 6.42 Å². The van der Waals surface area contributed by atoms with Gasteiger partial charge in [-0.15, -0.1) is 0 Å². The lowest BCUT2D eigenvalue weighted by Crippen LogP contribution is -2.36. The molecule has 0 aliphatic carbocycles. The van der Waals surface area contributed by atoms with Gasteiger partial charge in [0.25, 0.3) is 5.91 Å². The van der Waals surface area contributed by atoms with Crippen molar-refractivity contribution in [1.29, 1.82) is 0 Å². The van der Waals surface area contributed by atoms with E-state index in [4.69, 9.17) is 0 Å². The van der Waals surface area contributed by atoms with Gasteiger partial charge < -0.3 is 10.6 Å². The summed E-state index contributed by atoms with van der Waals surface area (Å²) < 4.78 is 0. The number of benzene rings is 1. The quantitative estimate of drug-likeness (QED) is 0.588. The number of rotatable bonds is 11. The SMILES string of the molecule is CCCCCCCCCCc1ccc(C(=O)NC2CCNC2)cc1. The molecular formula is C21H34N2O. The van der Waals surface area contributed by atoms with Crippen molar-refractivity contribution >= 4 is 5.91 Å². The number of amides is 1. The lowest BCUT2D eigenvalue weighted by atomic mass is 10.0. The summed E-state index contributed by atoms with van der Waals surface area (Å²) in [6.07, 6.45) is 13.0. The van der Waals surface area contributed by atoms with Crippen LogP contribution in [0.25, 0.3) is 0 Å². The van der Waals surface area contributed by atoms with Crippen LogP contribution in [0, 0.1) is 0 Å². The molecule has 1 atom stereocenters. The van der Waals surface area contributed by atoms with E-state index in [0.29, 0.717) is 0 Å². The average molecular weight is 331 g/mol. The van der Waals surface area contributed by atoms with Crippen LogP contribution in [0.4, 0.5) is 0 Å². The van der Waals surface area contributed by atoms with Gasteiger partial charge in [0.05, 0.1) is 0 Å². The van der Waals surface area contributed by atoms with Crippen molar-refractivity contribution in [2.45, 2.75) is 77.2 Å². The minimum absolute atomic E-state index is 0.0577. The van der Waals surface area contributed by atoms with Gasteiger partial charge in [0.2, 0.25) is 0 Å². The Morgan fingerprint density at radius 1 is 1.04 bits per heavy atom. The molecule has 1 aromatic carbocycles. The first-order chi connectivity index (χ1) is 11.8.